The Bertz CT molecular complexity index is 835. The number of hydrogen-bond donors (Lipinski definition) is 1. The zero-order valence-electron chi connectivity index (χ0n) is 17.4. The summed E-state index contributed by atoms with van der Waals surface area (Å²) in [4.78, 5) is 36.0. The zero-order valence-corrected chi connectivity index (χ0v) is 17.4. The van der Waals surface area contributed by atoms with E-state index >= 15 is 0 Å². The van der Waals surface area contributed by atoms with Crippen LogP contribution in [-0.2, 0) is 25.5 Å². The van der Waals surface area contributed by atoms with Crippen molar-refractivity contribution >= 4 is 24.8 Å². The van der Waals surface area contributed by atoms with Crippen molar-refractivity contribution in [2.24, 2.45) is 5.41 Å². The van der Waals surface area contributed by atoms with Gasteiger partial charge in [0.05, 0.1) is 5.41 Å². The molecule has 0 aliphatic carbocycles. The van der Waals surface area contributed by atoms with Crippen LogP contribution in [0.1, 0.15) is 62.9 Å². The van der Waals surface area contributed by atoms with Gasteiger partial charge in [-0.05, 0) is 39.7 Å². The van der Waals surface area contributed by atoms with Gasteiger partial charge in [0.2, 0.25) is 6.79 Å². The van der Waals surface area contributed by atoms with Crippen molar-refractivity contribution in [1.29, 1.82) is 0 Å². The fraction of sp³-hybridized carbons (Fsp3) is 0.550. The van der Waals surface area contributed by atoms with E-state index in [1.54, 1.807) is 20.8 Å². The minimum atomic E-state index is -1.48. The molecule has 1 aliphatic rings. The maximum absolute atomic E-state index is 14.4. The largest absolute Gasteiger partial charge is 0.535 e. The summed E-state index contributed by atoms with van der Waals surface area (Å²) in [6.07, 6.45) is 0.673. The van der Waals surface area contributed by atoms with Gasteiger partial charge in [0.1, 0.15) is 17.1 Å². The van der Waals surface area contributed by atoms with Crippen LogP contribution < -0.4 is 4.65 Å². The molecular formula is C20H25BF2O7. The van der Waals surface area contributed by atoms with Gasteiger partial charge in [-0.2, -0.15) is 0 Å². The maximum atomic E-state index is 14.4. The van der Waals surface area contributed by atoms with Crippen LogP contribution in [-0.4, -0.2) is 36.7 Å². The van der Waals surface area contributed by atoms with Crippen LogP contribution in [0.5, 0.6) is 5.75 Å². The highest BCUT2D eigenvalue weighted by atomic mass is 19.2. The van der Waals surface area contributed by atoms with Crippen LogP contribution in [0.25, 0.3) is 0 Å². The fourth-order valence-electron chi connectivity index (χ4n) is 2.99. The quantitative estimate of drug-likeness (QED) is 0.406. The molecule has 0 amide bonds. The number of rotatable bonds is 7. The summed E-state index contributed by atoms with van der Waals surface area (Å²) in [7, 11) is -1.48. The second-order valence-corrected chi connectivity index (χ2v) is 8.22. The third-order valence-corrected chi connectivity index (χ3v) is 4.60. The van der Waals surface area contributed by atoms with Gasteiger partial charge in [-0.1, -0.05) is 6.92 Å². The molecule has 1 N–H and O–H groups in total. The monoisotopic (exact) mass is 426 g/mol. The van der Waals surface area contributed by atoms with E-state index in [4.69, 9.17) is 14.1 Å². The minimum absolute atomic E-state index is 0.0626. The lowest BCUT2D eigenvalue weighted by molar-refractivity contribution is -0.161. The highest BCUT2D eigenvalue weighted by molar-refractivity contribution is 6.47. The van der Waals surface area contributed by atoms with Gasteiger partial charge in [0.25, 0.3) is 0 Å². The molecule has 1 aromatic rings. The molecule has 1 aliphatic heterocycles. The van der Waals surface area contributed by atoms with Crippen LogP contribution in [0.3, 0.4) is 0 Å². The van der Waals surface area contributed by atoms with E-state index in [9.17, 15) is 28.2 Å². The summed E-state index contributed by atoms with van der Waals surface area (Å²) >= 11 is 0. The molecule has 0 saturated heterocycles. The third-order valence-electron chi connectivity index (χ3n) is 4.60. The van der Waals surface area contributed by atoms with Crippen molar-refractivity contribution in [1.82, 2.24) is 0 Å². The van der Waals surface area contributed by atoms with E-state index in [0.29, 0.717) is 18.9 Å². The van der Waals surface area contributed by atoms with E-state index in [-0.39, 0.29) is 29.9 Å². The molecule has 0 radical (unpaired) electrons. The Kier molecular flexibility index (Phi) is 7.57. The summed E-state index contributed by atoms with van der Waals surface area (Å²) in [5.74, 6) is -5.51. The van der Waals surface area contributed by atoms with Crippen LogP contribution in [0, 0.1) is 17.0 Å². The SMILES string of the molecule is CCCC(=O)C[C@H]1Cc2c(F)c(F)cc(C(=O)OCOC(=O)C(C)(C)C)c2OB1O. The van der Waals surface area contributed by atoms with Gasteiger partial charge in [0.15, 0.2) is 11.6 Å². The first-order chi connectivity index (χ1) is 14.0. The summed E-state index contributed by atoms with van der Waals surface area (Å²) < 4.78 is 43.4. The topological polar surface area (TPSA) is 99.1 Å². The number of carbonyl (C=O) groups is 3. The van der Waals surface area contributed by atoms with E-state index in [1.165, 1.54) is 0 Å². The number of halogens is 2. The molecular weight excluding hydrogens is 401 g/mol. The molecule has 0 saturated carbocycles. The van der Waals surface area contributed by atoms with Crippen molar-refractivity contribution in [3.63, 3.8) is 0 Å². The molecule has 10 heteroatoms. The van der Waals surface area contributed by atoms with Gasteiger partial charge in [-0.3, -0.25) is 9.59 Å². The smallest absolute Gasteiger partial charge is 0.526 e. The molecule has 1 aromatic carbocycles. The Labute approximate surface area is 173 Å². The second-order valence-electron chi connectivity index (χ2n) is 8.22. The highest BCUT2D eigenvalue weighted by Crippen LogP contribution is 2.39. The lowest BCUT2D eigenvalue weighted by atomic mass is 9.64. The Balaban J connectivity index is 2.20. The number of ether oxygens (including phenoxy) is 2. The van der Waals surface area contributed by atoms with Crippen LogP contribution in [0.4, 0.5) is 8.78 Å². The zero-order chi connectivity index (χ0) is 22.6. The number of hydrogen-bond acceptors (Lipinski definition) is 7. The van der Waals surface area contributed by atoms with Crippen LogP contribution in [0.2, 0.25) is 5.82 Å². The standard InChI is InChI=1S/C20H25BF2O7/c1-5-6-12(24)7-11-8-13-16(23)15(22)9-14(17(13)30-21(11)27)18(25)28-10-29-19(26)20(2,3)4/h9,11,27H,5-8,10H2,1-4H3/t11-/m0/s1. The number of benzene rings is 1. The molecule has 0 unspecified atom stereocenters. The van der Waals surface area contributed by atoms with Gasteiger partial charge in [-0.25, -0.2) is 13.6 Å². The van der Waals surface area contributed by atoms with Crippen molar-refractivity contribution in [3.05, 3.63) is 28.8 Å². The molecule has 0 aromatic heterocycles. The summed E-state index contributed by atoms with van der Waals surface area (Å²) in [5.41, 5.74) is -1.52. The average molecular weight is 426 g/mol. The van der Waals surface area contributed by atoms with Crippen molar-refractivity contribution in [2.45, 2.75) is 59.2 Å². The van der Waals surface area contributed by atoms with Gasteiger partial charge >= 0.3 is 19.1 Å². The first-order valence-corrected chi connectivity index (χ1v) is 9.67. The van der Waals surface area contributed by atoms with E-state index < -0.39 is 54.3 Å². The number of esters is 2. The molecule has 0 bridgehead atoms. The van der Waals surface area contributed by atoms with Crippen molar-refractivity contribution in [2.75, 3.05) is 6.79 Å². The lowest BCUT2D eigenvalue weighted by Crippen LogP contribution is -2.36. The summed E-state index contributed by atoms with van der Waals surface area (Å²) in [5, 5.41) is 10.2. The Morgan fingerprint density at radius 2 is 1.93 bits per heavy atom. The molecule has 30 heavy (non-hydrogen) atoms. The lowest BCUT2D eigenvalue weighted by Gasteiger charge is -2.28. The van der Waals surface area contributed by atoms with Crippen molar-refractivity contribution in [3.8, 4) is 5.75 Å². The van der Waals surface area contributed by atoms with E-state index in [1.807, 2.05) is 6.92 Å². The average Bonchev–Trinajstić information content (AvgIpc) is 2.65. The predicted molar refractivity (Wildman–Crippen MR) is 103 cm³/mol. The first-order valence-electron chi connectivity index (χ1n) is 9.67. The van der Waals surface area contributed by atoms with Gasteiger partial charge in [0, 0.05) is 24.2 Å². The molecule has 2 rings (SSSR count). The van der Waals surface area contributed by atoms with Crippen LogP contribution in [0.15, 0.2) is 6.07 Å². The molecule has 7 nitrogen and oxygen atoms in total. The Morgan fingerprint density at radius 1 is 1.27 bits per heavy atom. The number of carbonyl (C=O) groups excluding carboxylic acids is 3. The summed E-state index contributed by atoms with van der Waals surface area (Å²) in [6.45, 7) is 5.94. The molecule has 1 atom stereocenters. The molecule has 1 heterocycles. The normalized spacial score (nSPS) is 15.8. The number of Topliss-reactive ketones (excluding diaryl/α,β-unsaturated/α-hetero) is 1. The van der Waals surface area contributed by atoms with Crippen molar-refractivity contribution < 1.29 is 42.3 Å². The summed E-state index contributed by atoms with van der Waals surface area (Å²) in [6, 6.07) is 0.595. The highest BCUT2D eigenvalue weighted by Gasteiger charge is 2.40. The molecule has 0 spiro atoms. The maximum Gasteiger partial charge on any atom is 0.526 e. The predicted octanol–water partition coefficient (Wildman–Crippen LogP) is 3.21. The molecule has 164 valence electrons. The number of ketones is 1. The van der Waals surface area contributed by atoms with Gasteiger partial charge < -0.3 is 19.2 Å². The number of fused-ring (bicyclic) bond motifs is 1. The minimum Gasteiger partial charge on any atom is -0.535 e. The molecule has 0 fully saturated rings. The van der Waals surface area contributed by atoms with E-state index in [2.05, 4.69) is 0 Å². The Hall–Kier alpha value is -2.49. The Morgan fingerprint density at radius 3 is 2.53 bits per heavy atom. The first kappa shape index (κ1) is 23.8. The third kappa shape index (κ3) is 5.56. The van der Waals surface area contributed by atoms with Crippen LogP contribution >= 0.6 is 0 Å². The van der Waals surface area contributed by atoms with E-state index in [0.717, 1.165) is 0 Å². The van der Waals surface area contributed by atoms with Gasteiger partial charge in [-0.15, -0.1) is 0 Å². The second kappa shape index (κ2) is 9.55. The fourth-order valence-corrected chi connectivity index (χ4v) is 2.99.